The van der Waals surface area contributed by atoms with Crippen LogP contribution < -0.4 is 9.46 Å². The van der Waals surface area contributed by atoms with Gasteiger partial charge in [0.2, 0.25) is 10.0 Å². The van der Waals surface area contributed by atoms with Gasteiger partial charge < -0.3 is 9.30 Å². The van der Waals surface area contributed by atoms with E-state index < -0.39 is 16.1 Å². The molecule has 0 saturated carbocycles. The summed E-state index contributed by atoms with van der Waals surface area (Å²) in [6, 6.07) is 20.0. The SMILES string of the molecule is COc1cc(C)c(S(=O)(=O)NC(c2ccccc2)c2nc3ccccc3n2C)cc1C. The molecule has 1 aromatic heterocycles. The summed E-state index contributed by atoms with van der Waals surface area (Å²) in [4.78, 5) is 4.98. The highest BCUT2D eigenvalue weighted by Gasteiger charge is 2.28. The Labute approximate surface area is 182 Å². The summed E-state index contributed by atoms with van der Waals surface area (Å²) in [6.45, 7) is 3.60. The van der Waals surface area contributed by atoms with E-state index in [2.05, 4.69) is 4.72 Å². The standard InChI is InChI=1S/C24H25N3O3S/c1-16-15-22(17(2)14-21(16)30-4)31(28,29)26-23(18-10-6-5-7-11-18)24-25-19-12-8-9-13-20(19)27(24)3/h5-15,23,26H,1-4H3. The number of fused-ring (bicyclic) bond motifs is 1. The number of methoxy groups -OCH3 is 1. The lowest BCUT2D eigenvalue weighted by Crippen LogP contribution is -2.31. The molecule has 1 heterocycles. The summed E-state index contributed by atoms with van der Waals surface area (Å²) in [5.74, 6) is 1.28. The van der Waals surface area contributed by atoms with Crippen molar-refractivity contribution in [3.8, 4) is 5.75 Å². The molecule has 6 nitrogen and oxygen atoms in total. The molecule has 0 spiro atoms. The molecule has 1 unspecified atom stereocenters. The highest BCUT2D eigenvalue weighted by atomic mass is 32.2. The first kappa shape index (κ1) is 21.1. The molecule has 0 aliphatic rings. The number of aromatic nitrogens is 2. The monoisotopic (exact) mass is 435 g/mol. The fourth-order valence-corrected chi connectivity index (χ4v) is 5.32. The number of benzene rings is 3. The van der Waals surface area contributed by atoms with E-state index in [0.29, 0.717) is 17.1 Å². The molecular weight excluding hydrogens is 410 g/mol. The summed E-state index contributed by atoms with van der Waals surface area (Å²) < 4.78 is 37.2. The Morgan fingerprint density at radius 2 is 1.65 bits per heavy atom. The smallest absolute Gasteiger partial charge is 0.241 e. The fraction of sp³-hybridized carbons (Fsp3) is 0.208. The lowest BCUT2D eigenvalue weighted by Gasteiger charge is -2.20. The number of para-hydroxylation sites is 2. The Kier molecular flexibility index (Phi) is 5.56. The van der Waals surface area contributed by atoms with Gasteiger partial charge in [-0.15, -0.1) is 0 Å². The minimum atomic E-state index is -3.85. The highest BCUT2D eigenvalue weighted by molar-refractivity contribution is 7.89. The van der Waals surface area contributed by atoms with E-state index in [1.165, 1.54) is 0 Å². The van der Waals surface area contributed by atoms with Crippen LogP contribution in [0.4, 0.5) is 0 Å². The molecule has 31 heavy (non-hydrogen) atoms. The number of hydrogen-bond donors (Lipinski definition) is 1. The van der Waals surface area contributed by atoms with E-state index in [1.54, 1.807) is 26.2 Å². The van der Waals surface area contributed by atoms with Gasteiger partial charge in [0.25, 0.3) is 0 Å². The summed E-state index contributed by atoms with van der Waals surface area (Å²) >= 11 is 0. The number of ether oxygens (including phenoxy) is 1. The quantitative estimate of drug-likeness (QED) is 0.491. The van der Waals surface area contributed by atoms with Gasteiger partial charge >= 0.3 is 0 Å². The van der Waals surface area contributed by atoms with Gasteiger partial charge in [0.1, 0.15) is 17.6 Å². The van der Waals surface area contributed by atoms with Crippen molar-refractivity contribution in [2.45, 2.75) is 24.8 Å². The van der Waals surface area contributed by atoms with E-state index in [-0.39, 0.29) is 4.90 Å². The summed E-state index contributed by atoms with van der Waals surface area (Å²) in [5.41, 5.74) is 3.94. The Hall–Kier alpha value is -3.16. The van der Waals surface area contributed by atoms with Crippen LogP contribution in [0.1, 0.15) is 28.6 Å². The predicted octanol–water partition coefficient (Wildman–Crippen LogP) is 4.27. The molecule has 0 amide bonds. The molecule has 3 aromatic carbocycles. The van der Waals surface area contributed by atoms with Crippen molar-refractivity contribution in [1.29, 1.82) is 0 Å². The number of hydrogen-bond acceptors (Lipinski definition) is 4. The van der Waals surface area contributed by atoms with Gasteiger partial charge in [-0.2, -0.15) is 4.72 Å². The number of sulfonamides is 1. The first-order valence-electron chi connectivity index (χ1n) is 9.95. The van der Waals surface area contributed by atoms with Crippen LogP contribution in [0.15, 0.2) is 71.6 Å². The number of aryl methyl sites for hydroxylation is 3. The van der Waals surface area contributed by atoms with Gasteiger partial charge in [0.05, 0.1) is 23.0 Å². The largest absolute Gasteiger partial charge is 0.496 e. The maximum absolute atomic E-state index is 13.5. The lowest BCUT2D eigenvalue weighted by molar-refractivity contribution is 0.411. The molecule has 0 fully saturated rings. The maximum atomic E-state index is 13.5. The Morgan fingerprint density at radius 1 is 0.968 bits per heavy atom. The Bertz CT molecular complexity index is 1350. The summed E-state index contributed by atoms with van der Waals surface area (Å²) in [5, 5.41) is 0. The van der Waals surface area contributed by atoms with E-state index >= 15 is 0 Å². The molecule has 0 aliphatic heterocycles. The van der Waals surface area contributed by atoms with Crippen molar-refractivity contribution in [1.82, 2.24) is 14.3 Å². The second-order valence-electron chi connectivity index (χ2n) is 7.57. The van der Waals surface area contributed by atoms with E-state index in [4.69, 9.17) is 9.72 Å². The molecule has 1 atom stereocenters. The van der Waals surface area contributed by atoms with Crippen LogP contribution in [0.3, 0.4) is 0 Å². The van der Waals surface area contributed by atoms with Crippen LogP contribution >= 0.6 is 0 Å². The van der Waals surface area contributed by atoms with Crippen LogP contribution in [-0.2, 0) is 17.1 Å². The van der Waals surface area contributed by atoms with Crippen LogP contribution in [0.5, 0.6) is 5.75 Å². The minimum Gasteiger partial charge on any atom is -0.496 e. The van der Waals surface area contributed by atoms with Crippen molar-refractivity contribution in [2.75, 3.05) is 7.11 Å². The van der Waals surface area contributed by atoms with Crippen molar-refractivity contribution in [2.24, 2.45) is 7.05 Å². The van der Waals surface area contributed by atoms with Crippen LogP contribution in [0, 0.1) is 13.8 Å². The highest BCUT2D eigenvalue weighted by Crippen LogP contribution is 2.30. The first-order valence-corrected chi connectivity index (χ1v) is 11.4. The predicted molar refractivity (Wildman–Crippen MR) is 122 cm³/mol. The molecule has 7 heteroatoms. The van der Waals surface area contributed by atoms with Crippen molar-refractivity contribution >= 4 is 21.1 Å². The number of nitrogens with zero attached hydrogens (tertiary/aromatic N) is 2. The Morgan fingerprint density at radius 3 is 2.32 bits per heavy atom. The number of rotatable bonds is 6. The minimum absolute atomic E-state index is 0.227. The zero-order chi connectivity index (χ0) is 22.2. The second kappa shape index (κ2) is 8.17. The summed E-state index contributed by atoms with van der Waals surface area (Å²) in [7, 11) is -0.372. The average Bonchev–Trinajstić information content (AvgIpc) is 3.10. The number of nitrogens with one attached hydrogen (secondary N) is 1. The molecule has 0 aliphatic carbocycles. The fourth-order valence-electron chi connectivity index (χ4n) is 3.83. The van der Waals surface area contributed by atoms with Gasteiger partial charge in [0, 0.05) is 7.05 Å². The van der Waals surface area contributed by atoms with Gasteiger partial charge in [-0.3, -0.25) is 0 Å². The third-order valence-corrected chi connectivity index (χ3v) is 7.03. The van der Waals surface area contributed by atoms with Gasteiger partial charge in [-0.05, 0) is 54.8 Å². The van der Waals surface area contributed by atoms with Gasteiger partial charge in [-0.25, -0.2) is 13.4 Å². The molecule has 1 N–H and O–H groups in total. The zero-order valence-corrected chi connectivity index (χ0v) is 18.8. The van der Waals surface area contributed by atoms with E-state index in [1.807, 2.05) is 73.1 Å². The van der Waals surface area contributed by atoms with Crippen molar-refractivity contribution < 1.29 is 13.2 Å². The summed E-state index contributed by atoms with van der Waals surface area (Å²) in [6.07, 6.45) is 0. The van der Waals surface area contributed by atoms with E-state index in [9.17, 15) is 8.42 Å². The van der Waals surface area contributed by atoms with Crippen LogP contribution in [0.2, 0.25) is 0 Å². The van der Waals surface area contributed by atoms with Crippen LogP contribution in [-0.4, -0.2) is 25.1 Å². The molecular formula is C24H25N3O3S. The zero-order valence-electron chi connectivity index (χ0n) is 18.0. The second-order valence-corrected chi connectivity index (χ2v) is 9.25. The molecule has 4 rings (SSSR count). The third kappa shape index (κ3) is 3.94. The average molecular weight is 436 g/mol. The van der Waals surface area contributed by atoms with Gasteiger partial charge in [0.15, 0.2) is 0 Å². The first-order chi connectivity index (χ1) is 14.8. The maximum Gasteiger partial charge on any atom is 0.241 e. The molecule has 4 aromatic rings. The van der Waals surface area contributed by atoms with Gasteiger partial charge in [-0.1, -0.05) is 42.5 Å². The molecule has 0 saturated heterocycles. The number of imidazole rings is 1. The van der Waals surface area contributed by atoms with Crippen molar-refractivity contribution in [3.63, 3.8) is 0 Å². The lowest BCUT2D eigenvalue weighted by atomic mass is 10.1. The third-order valence-electron chi connectivity index (χ3n) is 5.47. The molecule has 160 valence electrons. The topological polar surface area (TPSA) is 73.2 Å². The van der Waals surface area contributed by atoms with Crippen molar-refractivity contribution in [3.05, 3.63) is 89.2 Å². The molecule has 0 bridgehead atoms. The normalized spacial score (nSPS) is 12.8. The van der Waals surface area contributed by atoms with E-state index in [0.717, 1.165) is 22.2 Å². The van der Waals surface area contributed by atoms with Crippen LogP contribution in [0.25, 0.3) is 11.0 Å². The molecule has 0 radical (unpaired) electrons. The Balaban J connectivity index is 1.84.